The van der Waals surface area contributed by atoms with Gasteiger partial charge >= 0.3 is 0 Å². The molecule has 0 aliphatic rings. The van der Waals surface area contributed by atoms with E-state index in [2.05, 4.69) is 4.98 Å². The number of hydrogen-bond acceptors (Lipinski definition) is 1. The Hall–Kier alpha value is -1.12. The van der Waals surface area contributed by atoms with Gasteiger partial charge < -0.3 is 0 Å². The van der Waals surface area contributed by atoms with Gasteiger partial charge in [-0.15, -0.1) is 0 Å². The van der Waals surface area contributed by atoms with E-state index in [1.807, 2.05) is 12.1 Å². The van der Waals surface area contributed by atoms with E-state index in [0.717, 1.165) is 36.8 Å². The van der Waals surface area contributed by atoms with Crippen LogP contribution in [0, 0.1) is 5.82 Å². The summed E-state index contributed by atoms with van der Waals surface area (Å²) in [5.41, 5.74) is 2.10. The van der Waals surface area contributed by atoms with Crippen molar-refractivity contribution in [2.24, 2.45) is 0 Å². The molecule has 0 spiro atoms. The molecule has 0 saturated heterocycles. The highest BCUT2D eigenvalue weighted by Crippen LogP contribution is 2.24. The van der Waals surface area contributed by atoms with Crippen LogP contribution in [0.3, 0.4) is 0 Å². The zero-order valence-electron chi connectivity index (χ0n) is 10.4. The van der Waals surface area contributed by atoms with Crippen LogP contribution in [-0.2, 0) is 12.8 Å². The van der Waals surface area contributed by atoms with Crippen molar-refractivity contribution in [2.45, 2.75) is 25.7 Å². The lowest BCUT2D eigenvalue weighted by Gasteiger charge is -2.06. The molecule has 0 amide bonds. The van der Waals surface area contributed by atoms with E-state index in [0.29, 0.717) is 10.0 Å². The van der Waals surface area contributed by atoms with Crippen molar-refractivity contribution in [1.82, 2.24) is 4.98 Å². The Balaban J connectivity index is 1.82. The van der Waals surface area contributed by atoms with Gasteiger partial charge in [-0.2, -0.15) is 0 Å². The van der Waals surface area contributed by atoms with Gasteiger partial charge in [0.1, 0.15) is 5.82 Å². The summed E-state index contributed by atoms with van der Waals surface area (Å²) in [6, 6.07) is 6.63. The van der Waals surface area contributed by atoms with Crippen LogP contribution in [0.1, 0.15) is 24.0 Å². The lowest BCUT2D eigenvalue weighted by Crippen LogP contribution is -1.92. The topological polar surface area (TPSA) is 12.9 Å². The van der Waals surface area contributed by atoms with Gasteiger partial charge in [-0.1, -0.05) is 35.3 Å². The van der Waals surface area contributed by atoms with E-state index in [1.165, 1.54) is 12.1 Å². The van der Waals surface area contributed by atoms with Crippen molar-refractivity contribution in [1.29, 1.82) is 0 Å². The van der Waals surface area contributed by atoms with Crippen LogP contribution in [0.15, 0.2) is 36.7 Å². The molecule has 1 aromatic heterocycles. The highest BCUT2D eigenvalue weighted by Gasteiger charge is 2.05. The summed E-state index contributed by atoms with van der Waals surface area (Å²) < 4.78 is 12.7. The fourth-order valence-corrected chi connectivity index (χ4v) is 2.51. The maximum Gasteiger partial charge on any atom is 0.123 e. The Labute approximate surface area is 122 Å². The van der Waals surface area contributed by atoms with E-state index >= 15 is 0 Å². The third-order valence-corrected chi connectivity index (χ3v) is 3.66. The molecule has 0 atom stereocenters. The van der Waals surface area contributed by atoms with Gasteiger partial charge in [-0.3, -0.25) is 4.98 Å². The normalized spacial score (nSPS) is 10.7. The Morgan fingerprint density at radius 1 is 0.895 bits per heavy atom. The van der Waals surface area contributed by atoms with Crippen molar-refractivity contribution >= 4 is 23.2 Å². The average Bonchev–Trinajstić information content (AvgIpc) is 2.39. The molecule has 1 heterocycles. The molecule has 0 fully saturated rings. The minimum Gasteiger partial charge on any atom is -0.262 e. The second-order valence-electron chi connectivity index (χ2n) is 4.42. The molecule has 2 aromatic rings. The second-order valence-corrected chi connectivity index (χ2v) is 5.23. The van der Waals surface area contributed by atoms with Crippen molar-refractivity contribution in [3.63, 3.8) is 0 Å². The van der Waals surface area contributed by atoms with Gasteiger partial charge in [0.15, 0.2) is 0 Å². The Morgan fingerprint density at radius 2 is 1.47 bits per heavy atom. The van der Waals surface area contributed by atoms with Crippen molar-refractivity contribution < 1.29 is 4.39 Å². The molecule has 1 nitrogen and oxygen atoms in total. The summed E-state index contributed by atoms with van der Waals surface area (Å²) in [5.74, 6) is -0.195. The minimum absolute atomic E-state index is 0.195. The molecule has 0 radical (unpaired) electrons. The molecule has 1 aromatic carbocycles. The smallest absolute Gasteiger partial charge is 0.123 e. The zero-order chi connectivity index (χ0) is 13.7. The highest BCUT2D eigenvalue weighted by atomic mass is 35.5. The van der Waals surface area contributed by atoms with Gasteiger partial charge in [0.25, 0.3) is 0 Å². The fourth-order valence-electron chi connectivity index (χ4n) is 1.96. The van der Waals surface area contributed by atoms with Gasteiger partial charge in [-0.25, -0.2) is 4.39 Å². The van der Waals surface area contributed by atoms with Crippen LogP contribution < -0.4 is 0 Å². The van der Waals surface area contributed by atoms with Crippen LogP contribution in [0.2, 0.25) is 10.0 Å². The molecule has 0 aliphatic carbocycles. The summed E-state index contributed by atoms with van der Waals surface area (Å²) >= 11 is 12.1. The van der Waals surface area contributed by atoms with Crippen molar-refractivity contribution in [3.05, 3.63) is 63.6 Å². The molecule has 0 aliphatic heterocycles. The number of unbranched alkanes of at least 4 members (excludes halogenated alkanes) is 1. The number of aromatic nitrogens is 1. The molecule has 2 rings (SSSR count). The molecule has 4 heteroatoms. The second kappa shape index (κ2) is 6.88. The molecule has 0 bridgehead atoms. The van der Waals surface area contributed by atoms with E-state index in [4.69, 9.17) is 23.2 Å². The molecule has 0 saturated carbocycles. The number of pyridine rings is 1. The number of halogens is 3. The maximum absolute atomic E-state index is 12.7. The van der Waals surface area contributed by atoms with E-state index < -0.39 is 0 Å². The fraction of sp³-hybridized carbons (Fsp3) is 0.267. The number of aryl methyl sites for hydroxylation is 1. The first kappa shape index (κ1) is 14.3. The van der Waals surface area contributed by atoms with Crippen LogP contribution in [0.5, 0.6) is 0 Å². The van der Waals surface area contributed by atoms with E-state index in [-0.39, 0.29) is 5.82 Å². The molecule has 0 N–H and O–H groups in total. The first-order valence-corrected chi connectivity index (χ1v) is 6.95. The first-order valence-electron chi connectivity index (χ1n) is 6.19. The standard InChI is InChI=1S/C15H14Cl2FN/c16-14-9-19-10-15(17)13(14)4-2-1-3-11-5-7-12(18)8-6-11/h5-10H,1-4H2. The highest BCUT2D eigenvalue weighted by molar-refractivity contribution is 6.35. The number of hydrogen-bond donors (Lipinski definition) is 0. The Morgan fingerprint density at radius 3 is 2.11 bits per heavy atom. The monoisotopic (exact) mass is 297 g/mol. The Kier molecular flexibility index (Phi) is 5.17. The summed E-state index contributed by atoms with van der Waals surface area (Å²) in [6.07, 6.45) is 6.99. The summed E-state index contributed by atoms with van der Waals surface area (Å²) in [6.45, 7) is 0. The first-order chi connectivity index (χ1) is 9.16. The van der Waals surface area contributed by atoms with E-state index in [1.54, 1.807) is 12.4 Å². The van der Waals surface area contributed by atoms with Crippen LogP contribution in [0.4, 0.5) is 4.39 Å². The van der Waals surface area contributed by atoms with Gasteiger partial charge in [0.2, 0.25) is 0 Å². The number of benzene rings is 1. The zero-order valence-corrected chi connectivity index (χ0v) is 11.9. The third kappa shape index (κ3) is 4.19. The minimum atomic E-state index is -0.195. The summed E-state index contributed by atoms with van der Waals surface area (Å²) in [5, 5.41) is 1.24. The number of nitrogens with zero attached hydrogens (tertiary/aromatic N) is 1. The van der Waals surface area contributed by atoms with Crippen LogP contribution in [0.25, 0.3) is 0 Å². The van der Waals surface area contributed by atoms with Crippen molar-refractivity contribution in [3.8, 4) is 0 Å². The molecule has 0 unspecified atom stereocenters. The quantitative estimate of drug-likeness (QED) is 0.700. The lowest BCUT2D eigenvalue weighted by atomic mass is 10.0. The predicted octanol–water partition coefficient (Wildman–Crippen LogP) is 5.09. The third-order valence-electron chi connectivity index (χ3n) is 3.01. The summed E-state index contributed by atoms with van der Waals surface area (Å²) in [7, 11) is 0. The SMILES string of the molecule is Fc1ccc(CCCCc2c(Cl)cncc2Cl)cc1. The maximum atomic E-state index is 12.7. The van der Waals surface area contributed by atoms with Gasteiger partial charge in [0.05, 0.1) is 10.0 Å². The van der Waals surface area contributed by atoms with Gasteiger partial charge in [-0.05, 0) is 48.9 Å². The molecular weight excluding hydrogens is 284 g/mol. The number of rotatable bonds is 5. The largest absolute Gasteiger partial charge is 0.262 e. The van der Waals surface area contributed by atoms with Gasteiger partial charge in [0, 0.05) is 12.4 Å². The lowest BCUT2D eigenvalue weighted by molar-refractivity contribution is 0.626. The molecule has 19 heavy (non-hydrogen) atoms. The van der Waals surface area contributed by atoms with Crippen LogP contribution in [-0.4, -0.2) is 4.98 Å². The predicted molar refractivity (Wildman–Crippen MR) is 77.3 cm³/mol. The molecule has 100 valence electrons. The Bertz CT molecular complexity index is 520. The van der Waals surface area contributed by atoms with E-state index in [9.17, 15) is 4.39 Å². The summed E-state index contributed by atoms with van der Waals surface area (Å²) in [4.78, 5) is 3.93. The molecular formula is C15H14Cl2FN. The van der Waals surface area contributed by atoms with Crippen LogP contribution >= 0.6 is 23.2 Å². The van der Waals surface area contributed by atoms with Crippen molar-refractivity contribution in [2.75, 3.05) is 0 Å². The average molecular weight is 298 g/mol.